The first kappa shape index (κ1) is 14.8. The summed E-state index contributed by atoms with van der Waals surface area (Å²) in [6, 6.07) is 11.3. The van der Waals surface area contributed by atoms with Crippen LogP contribution in [0.1, 0.15) is 12.7 Å². The lowest BCUT2D eigenvalue weighted by atomic mass is 10.1. The Balaban J connectivity index is 1.82. The summed E-state index contributed by atoms with van der Waals surface area (Å²) >= 11 is 2.23. The third-order valence-corrected chi connectivity index (χ3v) is 3.92. The second-order valence-electron chi connectivity index (χ2n) is 4.73. The number of carbonyl (C=O) groups is 1. The van der Waals surface area contributed by atoms with Gasteiger partial charge in [0.05, 0.1) is 23.2 Å². The van der Waals surface area contributed by atoms with Crippen molar-refractivity contribution >= 4 is 46.0 Å². The number of halogens is 1. The van der Waals surface area contributed by atoms with Crippen LogP contribution in [0.15, 0.2) is 69.9 Å². The zero-order valence-corrected chi connectivity index (χ0v) is 14.0. The Morgan fingerprint density at radius 3 is 2.68 bits per heavy atom. The van der Waals surface area contributed by atoms with E-state index in [2.05, 4.69) is 27.7 Å². The van der Waals surface area contributed by atoms with Crippen LogP contribution in [0.2, 0.25) is 0 Å². The molecule has 22 heavy (non-hydrogen) atoms. The van der Waals surface area contributed by atoms with Crippen molar-refractivity contribution in [2.45, 2.75) is 6.92 Å². The predicted molar refractivity (Wildman–Crippen MR) is 95.6 cm³/mol. The van der Waals surface area contributed by atoms with Gasteiger partial charge in [-0.15, -0.1) is 0 Å². The average Bonchev–Trinajstić information content (AvgIpc) is 3.11. The van der Waals surface area contributed by atoms with Crippen LogP contribution in [0.4, 0.5) is 5.69 Å². The normalized spacial score (nSPS) is 16.8. The minimum Gasteiger partial charge on any atom is -0.465 e. The van der Waals surface area contributed by atoms with E-state index in [-0.39, 0.29) is 5.91 Å². The maximum absolute atomic E-state index is 12.5. The van der Waals surface area contributed by atoms with Crippen molar-refractivity contribution in [3.05, 3.63) is 69.7 Å². The lowest BCUT2D eigenvalue weighted by Gasteiger charge is -2.11. The fourth-order valence-corrected chi connectivity index (χ4v) is 2.45. The molecule has 0 saturated carbocycles. The van der Waals surface area contributed by atoms with Crippen molar-refractivity contribution in [3.8, 4) is 0 Å². The molecule has 3 rings (SSSR count). The third-order valence-electron chi connectivity index (χ3n) is 3.20. The quantitative estimate of drug-likeness (QED) is 0.568. The summed E-state index contributed by atoms with van der Waals surface area (Å²) in [7, 11) is 0. The molecule has 2 aromatic rings. The van der Waals surface area contributed by atoms with E-state index in [0.717, 1.165) is 15.0 Å². The van der Waals surface area contributed by atoms with Crippen LogP contribution in [0.3, 0.4) is 0 Å². The molecule has 1 amide bonds. The van der Waals surface area contributed by atoms with Crippen LogP contribution in [0, 0.1) is 3.57 Å². The molecule has 0 saturated heterocycles. The zero-order chi connectivity index (χ0) is 15.5. The highest BCUT2D eigenvalue weighted by Crippen LogP contribution is 2.24. The molecule has 1 aromatic carbocycles. The maximum Gasteiger partial charge on any atom is 0.280 e. The molecular weight excluding hydrogens is 391 g/mol. The molecule has 0 unspecified atom stereocenters. The Kier molecular flexibility index (Phi) is 4.24. The summed E-state index contributed by atoms with van der Waals surface area (Å²) in [5.41, 5.74) is 2.05. The minimum absolute atomic E-state index is 0.122. The van der Waals surface area contributed by atoms with Gasteiger partial charge in [0.15, 0.2) is 0 Å². The van der Waals surface area contributed by atoms with Crippen LogP contribution in [-0.2, 0) is 4.79 Å². The molecule has 0 fully saturated rings. The summed E-state index contributed by atoms with van der Waals surface area (Å²) in [5, 5.41) is 5.77. The monoisotopic (exact) mass is 404 g/mol. The molecule has 4 nitrogen and oxygen atoms in total. The zero-order valence-electron chi connectivity index (χ0n) is 11.9. The van der Waals surface area contributed by atoms with Gasteiger partial charge in [0, 0.05) is 3.57 Å². The maximum atomic E-state index is 12.5. The number of nitrogens with zero attached hydrogens (tertiary/aromatic N) is 2. The number of carbonyl (C=O) groups excluding carboxylic acids is 1. The predicted octanol–water partition coefficient (Wildman–Crippen LogP) is 4.25. The first-order valence-electron chi connectivity index (χ1n) is 6.72. The largest absolute Gasteiger partial charge is 0.465 e. The van der Waals surface area contributed by atoms with E-state index in [1.807, 2.05) is 43.3 Å². The lowest BCUT2D eigenvalue weighted by molar-refractivity contribution is -0.114. The van der Waals surface area contributed by atoms with Gasteiger partial charge in [-0.2, -0.15) is 10.1 Å². The highest BCUT2D eigenvalue weighted by molar-refractivity contribution is 14.1. The standard InChI is InChI=1S/C17H13IN2O2/c1-12-16(6-2-4-15-5-3-11-22-15)17(21)20(19-12)14-9-7-13(18)8-10-14/h2-11H,1H3/b4-2+,16-6-. The van der Waals surface area contributed by atoms with Crippen molar-refractivity contribution in [2.75, 3.05) is 5.01 Å². The van der Waals surface area contributed by atoms with E-state index in [0.29, 0.717) is 11.3 Å². The summed E-state index contributed by atoms with van der Waals surface area (Å²) in [4.78, 5) is 12.5. The molecule has 1 aliphatic rings. The van der Waals surface area contributed by atoms with E-state index in [1.54, 1.807) is 24.5 Å². The number of hydrogen-bond donors (Lipinski definition) is 0. The first-order valence-corrected chi connectivity index (χ1v) is 7.80. The third kappa shape index (κ3) is 3.04. The molecule has 2 heterocycles. The molecule has 0 atom stereocenters. The van der Waals surface area contributed by atoms with Gasteiger partial charge in [-0.05, 0) is 78.1 Å². The molecule has 110 valence electrons. The minimum atomic E-state index is -0.122. The van der Waals surface area contributed by atoms with Crippen LogP contribution in [-0.4, -0.2) is 11.6 Å². The molecule has 0 aliphatic carbocycles. The molecule has 0 N–H and O–H groups in total. The Labute approximate surface area is 142 Å². The van der Waals surface area contributed by atoms with Gasteiger partial charge in [-0.25, -0.2) is 0 Å². The van der Waals surface area contributed by atoms with Gasteiger partial charge in [-0.3, -0.25) is 4.79 Å². The number of allylic oxidation sites excluding steroid dienone is 2. The summed E-state index contributed by atoms with van der Waals surface area (Å²) in [5.74, 6) is 0.620. The van der Waals surface area contributed by atoms with Crippen molar-refractivity contribution in [3.63, 3.8) is 0 Å². The molecular formula is C17H13IN2O2. The second-order valence-corrected chi connectivity index (χ2v) is 5.98. The SMILES string of the molecule is CC1=NN(c2ccc(I)cc2)C(=O)/C1=C\C=C\c1ccco1. The number of anilines is 1. The van der Waals surface area contributed by atoms with Crippen LogP contribution in [0.25, 0.3) is 6.08 Å². The Bertz CT molecular complexity index is 772. The van der Waals surface area contributed by atoms with Crippen LogP contribution in [0.5, 0.6) is 0 Å². The van der Waals surface area contributed by atoms with Gasteiger partial charge in [0.25, 0.3) is 5.91 Å². The number of rotatable bonds is 3. The summed E-state index contributed by atoms with van der Waals surface area (Å²) in [6.07, 6.45) is 6.97. The first-order chi connectivity index (χ1) is 10.6. The van der Waals surface area contributed by atoms with E-state index < -0.39 is 0 Å². The topological polar surface area (TPSA) is 45.8 Å². The van der Waals surface area contributed by atoms with Crippen molar-refractivity contribution in [2.24, 2.45) is 5.10 Å². The number of hydrazone groups is 1. The second kappa shape index (κ2) is 6.31. The molecule has 0 radical (unpaired) electrons. The highest BCUT2D eigenvalue weighted by Gasteiger charge is 2.27. The molecule has 5 heteroatoms. The number of amides is 1. The van der Waals surface area contributed by atoms with Gasteiger partial charge in [0.1, 0.15) is 5.76 Å². The molecule has 1 aliphatic heterocycles. The number of hydrogen-bond acceptors (Lipinski definition) is 3. The smallest absolute Gasteiger partial charge is 0.280 e. The molecule has 0 spiro atoms. The van der Waals surface area contributed by atoms with Crippen LogP contribution < -0.4 is 5.01 Å². The van der Waals surface area contributed by atoms with Gasteiger partial charge < -0.3 is 4.42 Å². The van der Waals surface area contributed by atoms with Crippen molar-refractivity contribution in [1.29, 1.82) is 0 Å². The Morgan fingerprint density at radius 1 is 1.23 bits per heavy atom. The van der Waals surface area contributed by atoms with E-state index in [1.165, 1.54) is 5.01 Å². The van der Waals surface area contributed by atoms with Crippen molar-refractivity contribution < 1.29 is 9.21 Å². The number of furan rings is 1. The Morgan fingerprint density at radius 2 is 2.00 bits per heavy atom. The lowest BCUT2D eigenvalue weighted by Crippen LogP contribution is -2.21. The average molecular weight is 404 g/mol. The number of benzene rings is 1. The highest BCUT2D eigenvalue weighted by atomic mass is 127. The Hall–Kier alpha value is -2.15. The molecule has 0 bridgehead atoms. The summed E-state index contributed by atoms with van der Waals surface area (Å²) < 4.78 is 6.33. The fraction of sp³-hybridized carbons (Fsp3) is 0.0588. The summed E-state index contributed by atoms with van der Waals surface area (Å²) in [6.45, 7) is 1.83. The van der Waals surface area contributed by atoms with Gasteiger partial charge >= 0.3 is 0 Å². The van der Waals surface area contributed by atoms with Crippen molar-refractivity contribution in [1.82, 2.24) is 0 Å². The van der Waals surface area contributed by atoms with Gasteiger partial charge in [-0.1, -0.05) is 6.08 Å². The van der Waals surface area contributed by atoms with Crippen LogP contribution >= 0.6 is 22.6 Å². The molecule has 1 aromatic heterocycles. The van der Waals surface area contributed by atoms with E-state index >= 15 is 0 Å². The van der Waals surface area contributed by atoms with E-state index in [4.69, 9.17) is 4.42 Å². The van der Waals surface area contributed by atoms with E-state index in [9.17, 15) is 4.79 Å². The van der Waals surface area contributed by atoms with Gasteiger partial charge in [0.2, 0.25) is 0 Å². The fourth-order valence-electron chi connectivity index (χ4n) is 2.09.